The van der Waals surface area contributed by atoms with Crippen LogP contribution in [-0.4, -0.2) is 24.1 Å². The van der Waals surface area contributed by atoms with Crippen molar-refractivity contribution < 1.29 is 19.4 Å². The number of ether oxygens (including phenoxy) is 1. The molecule has 1 heterocycles. The quantitative estimate of drug-likeness (QED) is 0.796. The molecular weight excluding hydrogens is 320 g/mol. The number of anilines is 2. The van der Waals surface area contributed by atoms with Crippen LogP contribution in [0.4, 0.5) is 11.4 Å². The fraction of sp³-hybridized carbons (Fsp3) is 0.158. The molecule has 1 amide bonds. The number of carbonyl (C=O) groups excluding carboxylic acids is 1. The van der Waals surface area contributed by atoms with Gasteiger partial charge in [0.1, 0.15) is 11.8 Å². The van der Waals surface area contributed by atoms with Gasteiger partial charge >= 0.3 is 5.97 Å². The molecule has 6 nitrogen and oxygen atoms in total. The van der Waals surface area contributed by atoms with Crippen LogP contribution in [0.25, 0.3) is 0 Å². The van der Waals surface area contributed by atoms with Crippen molar-refractivity contribution in [2.45, 2.75) is 13.0 Å². The van der Waals surface area contributed by atoms with Crippen LogP contribution < -0.4 is 10.6 Å². The van der Waals surface area contributed by atoms with Gasteiger partial charge < -0.3 is 20.5 Å². The molecule has 0 radical (unpaired) electrons. The van der Waals surface area contributed by atoms with E-state index >= 15 is 0 Å². The van der Waals surface area contributed by atoms with E-state index in [4.69, 9.17) is 9.84 Å². The summed E-state index contributed by atoms with van der Waals surface area (Å²) in [6, 6.07) is 12.5. The number of methoxy groups -OCH3 is 1. The van der Waals surface area contributed by atoms with Gasteiger partial charge in [0.05, 0.1) is 0 Å². The second-order valence-electron chi connectivity index (χ2n) is 5.79. The number of fused-ring (bicyclic) bond motifs is 1. The van der Waals surface area contributed by atoms with Crippen molar-refractivity contribution in [1.82, 2.24) is 0 Å². The van der Waals surface area contributed by atoms with Gasteiger partial charge in [0.2, 0.25) is 0 Å². The Hall–Kier alpha value is -3.12. The molecule has 0 aliphatic carbocycles. The first-order chi connectivity index (χ1) is 12.0. The molecule has 1 aliphatic heterocycles. The van der Waals surface area contributed by atoms with E-state index in [0.29, 0.717) is 16.9 Å². The third-order valence-electron chi connectivity index (χ3n) is 4.00. The predicted octanol–water partition coefficient (Wildman–Crippen LogP) is 3.33. The summed E-state index contributed by atoms with van der Waals surface area (Å²) in [6.45, 7) is 1.96. The van der Waals surface area contributed by atoms with Gasteiger partial charge in [-0.15, -0.1) is 0 Å². The fourth-order valence-corrected chi connectivity index (χ4v) is 2.65. The summed E-state index contributed by atoms with van der Waals surface area (Å²) in [6.07, 6.45) is 0.995. The number of aliphatic carboxylic acids is 1. The van der Waals surface area contributed by atoms with E-state index in [1.165, 1.54) is 13.2 Å². The minimum atomic E-state index is -1.05. The van der Waals surface area contributed by atoms with Gasteiger partial charge in [0.15, 0.2) is 0 Å². The van der Waals surface area contributed by atoms with Crippen LogP contribution in [0.1, 0.15) is 27.6 Å². The van der Waals surface area contributed by atoms with Gasteiger partial charge in [-0.25, -0.2) is 4.79 Å². The number of benzene rings is 2. The lowest BCUT2D eigenvalue weighted by Gasteiger charge is -2.24. The van der Waals surface area contributed by atoms with E-state index in [0.717, 1.165) is 11.1 Å². The lowest BCUT2D eigenvalue weighted by Crippen LogP contribution is -2.19. The summed E-state index contributed by atoms with van der Waals surface area (Å²) < 4.78 is 5.36. The Morgan fingerprint density at radius 3 is 2.52 bits per heavy atom. The molecule has 2 aromatic carbocycles. The molecule has 0 saturated carbocycles. The van der Waals surface area contributed by atoms with E-state index in [2.05, 4.69) is 10.6 Å². The standard InChI is InChI=1S/C19H18N2O4/c1-11-3-5-12(6-4-11)18(22)20-13-7-8-15-14(9-13)17(25-2)10-16(21-15)19(23)24/h3-10,17,21H,1-2H3,(H,20,22)(H,23,24). The highest BCUT2D eigenvalue weighted by atomic mass is 16.5. The SMILES string of the molecule is COC1C=C(C(=O)O)Nc2ccc(NC(=O)c3ccc(C)cc3)cc21. The molecule has 1 unspecified atom stereocenters. The molecule has 25 heavy (non-hydrogen) atoms. The number of hydrogen-bond acceptors (Lipinski definition) is 4. The summed E-state index contributed by atoms with van der Waals surface area (Å²) >= 11 is 0. The van der Waals surface area contributed by atoms with E-state index in [1.807, 2.05) is 19.1 Å². The maximum atomic E-state index is 12.3. The molecule has 0 bridgehead atoms. The second-order valence-corrected chi connectivity index (χ2v) is 5.79. The van der Waals surface area contributed by atoms with E-state index in [-0.39, 0.29) is 11.6 Å². The average Bonchev–Trinajstić information content (AvgIpc) is 2.61. The summed E-state index contributed by atoms with van der Waals surface area (Å²) in [5.74, 6) is -1.26. The van der Waals surface area contributed by atoms with Gasteiger partial charge in [-0.05, 0) is 43.3 Å². The van der Waals surface area contributed by atoms with Gasteiger partial charge in [-0.3, -0.25) is 4.79 Å². The molecule has 3 N–H and O–H groups in total. The molecule has 6 heteroatoms. The van der Waals surface area contributed by atoms with Gasteiger partial charge in [0.25, 0.3) is 5.91 Å². The number of hydrogen-bond donors (Lipinski definition) is 3. The molecule has 1 atom stereocenters. The molecule has 1 aliphatic rings. The number of amides is 1. The fourth-order valence-electron chi connectivity index (χ4n) is 2.65. The third-order valence-corrected chi connectivity index (χ3v) is 4.00. The Morgan fingerprint density at radius 1 is 1.16 bits per heavy atom. The highest BCUT2D eigenvalue weighted by molar-refractivity contribution is 6.04. The number of carboxylic acids is 1. The lowest BCUT2D eigenvalue weighted by atomic mass is 10.0. The van der Waals surface area contributed by atoms with Crippen LogP contribution in [0.5, 0.6) is 0 Å². The molecule has 0 aromatic heterocycles. The monoisotopic (exact) mass is 338 g/mol. The minimum absolute atomic E-state index is 0.0655. The van der Waals surface area contributed by atoms with Crippen LogP contribution in [-0.2, 0) is 9.53 Å². The summed E-state index contributed by atoms with van der Waals surface area (Å²) in [4.78, 5) is 23.5. The van der Waals surface area contributed by atoms with Crippen LogP contribution in [0.2, 0.25) is 0 Å². The number of carbonyl (C=O) groups is 2. The van der Waals surface area contributed by atoms with Crippen molar-refractivity contribution in [2.24, 2.45) is 0 Å². The number of carboxylic acid groups (broad SMARTS) is 1. The number of rotatable bonds is 4. The molecule has 0 spiro atoms. The topological polar surface area (TPSA) is 87.7 Å². The minimum Gasteiger partial charge on any atom is -0.477 e. The van der Waals surface area contributed by atoms with Crippen molar-refractivity contribution in [1.29, 1.82) is 0 Å². The first-order valence-electron chi connectivity index (χ1n) is 7.75. The van der Waals surface area contributed by atoms with E-state index in [9.17, 15) is 9.59 Å². The van der Waals surface area contributed by atoms with Gasteiger partial charge in [-0.2, -0.15) is 0 Å². The van der Waals surface area contributed by atoms with Crippen molar-refractivity contribution in [3.05, 3.63) is 70.9 Å². The largest absolute Gasteiger partial charge is 0.477 e. The molecule has 3 rings (SSSR count). The van der Waals surface area contributed by atoms with Crippen LogP contribution in [0.15, 0.2) is 54.2 Å². The van der Waals surface area contributed by atoms with E-state index in [1.54, 1.807) is 30.3 Å². The Balaban J connectivity index is 1.84. The first-order valence-corrected chi connectivity index (χ1v) is 7.75. The molecule has 2 aromatic rings. The Bertz CT molecular complexity index is 856. The third kappa shape index (κ3) is 3.54. The average molecular weight is 338 g/mol. The zero-order valence-electron chi connectivity index (χ0n) is 13.9. The van der Waals surface area contributed by atoms with Crippen molar-refractivity contribution >= 4 is 23.3 Å². The van der Waals surface area contributed by atoms with Crippen LogP contribution in [0, 0.1) is 6.92 Å². The lowest BCUT2D eigenvalue weighted by molar-refractivity contribution is -0.132. The number of nitrogens with one attached hydrogen (secondary N) is 2. The zero-order chi connectivity index (χ0) is 18.0. The Labute approximate surface area is 145 Å². The highest BCUT2D eigenvalue weighted by Crippen LogP contribution is 2.34. The molecule has 128 valence electrons. The first kappa shape index (κ1) is 16.7. The Kier molecular flexibility index (Phi) is 4.54. The smallest absolute Gasteiger partial charge is 0.352 e. The van der Waals surface area contributed by atoms with Crippen molar-refractivity contribution in [3.8, 4) is 0 Å². The van der Waals surface area contributed by atoms with Crippen molar-refractivity contribution in [3.63, 3.8) is 0 Å². The van der Waals surface area contributed by atoms with Crippen LogP contribution in [0.3, 0.4) is 0 Å². The molecule has 0 saturated heterocycles. The molecule has 0 fully saturated rings. The Morgan fingerprint density at radius 2 is 1.88 bits per heavy atom. The second kappa shape index (κ2) is 6.78. The van der Waals surface area contributed by atoms with Gasteiger partial charge in [-0.1, -0.05) is 17.7 Å². The van der Waals surface area contributed by atoms with E-state index < -0.39 is 12.1 Å². The molecular formula is C19H18N2O4. The predicted molar refractivity (Wildman–Crippen MR) is 94.7 cm³/mol. The summed E-state index contributed by atoms with van der Waals surface area (Å²) in [5.41, 5.74) is 3.73. The summed E-state index contributed by atoms with van der Waals surface area (Å²) in [7, 11) is 1.51. The summed E-state index contributed by atoms with van der Waals surface area (Å²) in [5, 5.41) is 14.8. The van der Waals surface area contributed by atoms with Crippen LogP contribution >= 0.6 is 0 Å². The maximum Gasteiger partial charge on any atom is 0.352 e. The normalized spacial score (nSPS) is 15.6. The maximum absolute atomic E-state index is 12.3. The zero-order valence-corrected chi connectivity index (χ0v) is 13.9. The number of aryl methyl sites for hydroxylation is 1. The van der Waals surface area contributed by atoms with Crippen molar-refractivity contribution in [2.75, 3.05) is 17.7 Å². The van der Waals surface area contributed by atoms with Gasteiger partial charge in [0, 0.05) is 29.6 Å². The highest BCUT2D eigenvalue weighted by Gasteiger charge is 2.23.